The van der Waals surface area contributed by atoms with E-state index in [1.54, 1.807) is 4.90 Å². The maximum Gasteiger partial charge on any atom is 0.226 e. The van der Waals surface area contributed by atoms with E-state index >= 15 is 0 Å². The van der Waals surface area contributed by atoms with E-state index in [9.17, 15) is 14.4 Å². The number of ketones is 1. The van der Waals surface area contributed by atoms with Gasteiger partial charge in [-0.3, -0.25) is 19.5 Å². The fourth-order valence-electron chi connectivity index (χ4n) is 4.11. The number of aromatic amines is 1. The Kier molecular flexibility index (Phi) is 8.58. The van der Waals surface area contributed by atoms with Crippen molar-refractivity contribution in [3.05, 3.63) is 85.9 Å². The number of hydrogen-bond donors (Lipinski definition) is 2. The number of benzene rings is 2. The Morgan fingerprint density at radius 3 is 2.08 bits per heavy atom. The number of aromatic nitrogens is 2. The molecule has 0 saturated carbocycles. The molecule has 3 aromatic rings. The van der Waals surface area contributed by atoms with Gasteiger partial charge in [0.15, 0.2) is 9.74 Å². The molecule has 1 aromatic heterocycles. The summed E-state index contributed by atoms with van der Waals surface area (Å²) in [5.74, 6) is -0.363. The summed E-state index contributed by atoms with van der Waals surface area (Å²) in [6.45, 7) is 4.47. The average molecular weight is 533 g/mol. The number of nitrogens with one attached hydrogen (secondary N) is 2. The third-order valence-electron chi connectivity index (χ3n) is 6.17. The molecule has 190 valence electrons. The SMILES string of the molecule is Cc1ccccc1/C=C1\CN(C(=O)CCCC(=O)Nc2n[nH]c(=S)s2)C/C(=C\c2ccccc2C)C1=O. The molecular weight excluding hydrogens is 504 g/mol. The minimum atomic E-state index is -0.223. The van der Waals surface area contributed by atoms with Crippen molar-refractivity contribution < 1.29 is 14.4 Å². The van der Waals surface area contributed by atoms with Crippen LogP contribution in [0.3, 0.4) is 0 Å². The number of rotatable bonds is 7. The number of carbonyl (C=O) groups is 3. The van der Waals surface area contributed by atoms with E-state index < -0.39 is 0 Å². The minimum Gasteiger partial charge on any atom is -0.334 e. The topological polar surface area (TPSA) is 95.2 Å². The van der Waals surface area contributed by atoms with Gasteiger partial charge in [0.1, 0.15) is 0 Å². The molecule has 1 aliphatic heterocycles. The van der Waals surface area contributed by atoms with E-state index in [0.29, 0.717) is 26.7 Å². The Labute approximate surface area is 224 Å². The molecule has 37 heavy (non-hydrogen) atoms. The number of Topliss-reactive ketones (excluding diaryl/α,β-unsaturated/α-hetero) is 1. The maximum absolute atomic E-state index is 13.5. The first-order chi connectivity index (χ1) is 17.8. The van der Waals surface area contributed by atoms with Crippen LogP contribution < -0.4 is 5.32 Å². The van der Waals surface area contributed by atoms with Crippen molar-refractivity contribution >= 4 is 58.4 Å². The summed E-state index contributed by atoms with van der Waals surface area (Å²) in [5.41, 5.74) is 5.17. The highest BCUT2D eigenvalue weighted by Crippen LogP contribution is 2.25. The highest BCUT2D eigenvalue weighted by molar-refractivity contribution is 7.73. The quantitative estimate of drug-likeness (QED) is 0.309. The van der Waals surface area contributed by atoms with E-state index in [1.807, 2.05) is 74.5 Å². The maximum atomic E-state index is 13.5. The van der Waals surface area contributed by atoms with Crippen molar-refractivity contribution in [3.8, 4) is 0 Å². The first kappa shape index (κ1) is 26.4. The van der Waals surface area contributed by atoms with E-state index in [-0.39, 0.29) is 43.5 Å². The monoisotopic (exact) mass is 532 g/mol. The molecule has 2 heterocycles. The zero-order chi connectivity index (χ0) is 26.4. The number of amides is 2. The largest absolute Gasteiger partial charge is 0.334 e. The van der Waals surface area contributed by atoms with Crippen LogP contribution in [0.5, 0.6) is 0 Å². The molecule has 0 bridgehead atoms. The molecule has 1 saturated heterocycles. The third-order valence-corrected chi connectivity index (χ3v) is 7.18. The van der Waals surface area contributed by atoms with Crippen LogP contribution in [0, 0.1) is 17.8 Å². The molecule has 2 aromatic carbocycles. The van der Waals surface area contributed by atoms with Crippen molar-refractivity contribution in [1.29, 1.82) is 0 Å². The summed E-state index contributed by atoms with van der Waals surface area (Å²) < 4.78 is 0.481. The second-order valence-electron chi connectivity index (χ2n) is 8.95. The number of aryl methyl sites for hydroxylation is 2. The summed E-state index contributed by atoms with van der Waals surface area (Å²) in [6, 6.07) is 15.7. The van der Waals surface area contributed by atoms with Gasteiger partial charge in [0.2, 0.25) is 16.9 Å². The number of piperidine rings is 1. The van der Waals surface area contributed by atoms with Crippen LogP contribution in [-0.2, 0) is 14.4 Å². The van der Waals surface area contributed by atoms with Gasteiger partial charge in [-0.2, -0.15) is 0 Å². The highest BCUT2D eigenvalue weighted by Gasteiger charge is 2.29. The van der Waals surface area contributed by atoms with E-state index in [1.165, 1.54) is 11.3 Å². The van der Waals surface area contributed by atoms with Gasteiger partial charge in [0.25, 0.3) is 0 Å². The predicted molar refractivity (Wildman–Crippen MR) is 150 cm³/mol. The standard InChI is InChI=1S/C28H28N4O3S2/c1-18-8-3-5-10-20(18)14-22-16-32(17-23(26(22)35)15-21-11-6-4-9-19(21)2)25(34)13-7-12-24(33)29-27-30-31-28(36)37-27/h3-6,8-11,14-15H,7,12-13,16-17H2,1-2H3,(H,31,36)(H,29,30,33)/b22-14+,23-15+. The molecule has 0 unspecified atom stereocenters. The summed E-state index contributed by atoms with van der Waals surface area (Å²) >= 11 is 6.15. The van der Waals surface area contributed by atoms with E-state index in [0.717, 1.165) is 22.3 Å². The van der Waals surface area contributed by atoms with E-state index in [4.69, 9.17) is 12.2 Å². The second-order valence-corrected chi connectivity index (χ2v) is 10.6. The fourth-order valence-corrected chi connectivity index (χ4v) is 4.92. The van der Waals surface area contributed by atoms with Gasteiger partial charge in [0.05, 0.1) is 0 Å². The van der Waals surface area contributed by atoms with Gasteiger partial charge in [-0.1, -0.05) is 59.9 Å². The molecule has 2 amide bonds. The van der Waals surface area contributed by atoms with Crippen molar-refractivity contribution in [2.24, 2.45) is 0 Å². The molecule has 9 heteroatoms. The number of nitrogens with zero attached hydrogens (tertiary/aromatic N) is 2. The van der Waals surface area contributed by atoms with Crippen LogP contribution in [0.1, 0.15) is 41.5 Å². The normalized spacial score (nSPS) is 15.8. The van der Waals surface area contributed by atoms with Gasteiger partial charge in [-0.25, -0.2) is 0 Å². The number of carbonyl (C=O) groups excluding carboxylic acids is 3. The molecule has 0 spiro atoms. The van der Waals surface area contributed by atoms with E-state index in [2.05, 4.69) is 15.5 Å². The Morgan fingerprint density at radius 1 is 1.00 bits per heavy atom. The molecule has 1 aliphatic rings. The number of H-pyrrole nitrogens is 1. The van der Waals surface area contributed by atoms with Crippen molar-refractivity contribution in [1.82, 2.24) is 15.1 Å². The van der Waals surface area contributed by atoms with Gasteiger partial charge < -0.3 is 10.2 Å². The zero-order valence-corrected chi connectivity index (χ0v) is 22.4. The van der Waals surface area contributed by atoms with Crippen LogP contribution >= 0.6 is 23.6 Å². The van der Waals surface area contributed by atoms with Crippen molar-refractivity contribution in [2.75, 3.05) is 18.4 Å². The predicted octanol–water partition coefficient (Wildman–Crippen LogP) is 5.50. The first-order valence-corrected chi connectivity index (χ1v) is 13.2. The number of hydrogen-bond acceptors (Lipinski definition) is 6. The molecule has 4 rings (SSSR count). The summed E-state index contributed by atoms with van der Waals surface area (Å²) in [7, 11) is 0. The van der Waals surface area contributed by atoms with Crippen molar-refractivity contribution in [2.45, 2.75) is 33.1 Å². The third kappa shape index (κ3) is 6.96. The molecule has 0 aliphatic carbocycles. The van der Waals surface area contributed by atoms with Crippen LogP contribution in [0.25, 0.3) is 12.2 Å². The molecule has 1 fully saturated rings. The summed E-state index contributed by atoms with van der Waals surface area (Å²) in [5, 5.41) is 9.62. The van der Waals surface area contributed by atoms with Crippen LogP contribution in [-0.4, -0.2) is 45.8 Å². The van der Waals surface area contributed by atoms with Crippen LogP contribution in [0.2, 0.25) is 0 Å². The van der Waals surface area contributed by atoms with Gasteiger partial charge in [-0.15, -0.1) is 5.10 Å². The average Bonchev–Trinajstić information content (AvgIpc) is 3.28. The number of anilines is 1. The lowest BCUT2D eigenvalue weighted by Crippen LogP contribution is -2.41. The Morgan fingerprint density at radius 2 is 1.57 bits per heavy atom. The van der Waals surface area contributed by atoms with Gasteiger partial charge in [-0.05, 0) is 66.9 Å². The fraction of sp³-hybridized carbons (Fsp3) is 0.250. The summed E-state index contributed by atoms with van der Waals surface area (Å²) in [4.78, 5) is 40.6. The zero-order valence-electron chi connectivity index (χ0n) is 20.7. The second kappa shape index (κ2) is 12.0. The van der Waals surface area contributed by atoms with Crippen LogP contribution in [0.4, 0.5) is 5.13 Å². The Balaban J connectivity index is 1.50. The lowest BCUT2D eigenvalue weighted by molar-refractivity contribution is -0.131. The van der Waals surface area contributed by atoms with Crippen molar-refractivity contribution in [3.63, 3.8) is 0 Å². The lowest BCUT2D eigenvalue weighted by atomic mass is 9.92. The summed E-state index contributed by atoms with van der Waals surface area (Å²) in [6.07, 6.45) is 4.54. The minimum absolute atomic E-state index is 0.0451. The van der Waals surface area contributed by atoms with Crippen LogP contribution in [0.15, 0.2) is 59.7 Å². The Hall–Kier alpha value is -3.69. The smallest absolute Gasteiger partial charge is 0.226 e. The molecule has 0 atom stereocenters. The van der Waals surface area contributed by atoms with Gasteiger partial charge >= 0.3 is 0 Å². The Bertz CT molecular complexity index is 1380. The highest BCUT2D eigenvalue weighted by atomic mass is 32.1. The lowest BCUT2D eigenvalue weighted by Gasteiger charge is -2.30. The molecular formula is C28H28N4O3S2. The van der Waals surface area contributed by atoms with Gasteiger partial charge in [0, 0.05) is 37.1 Å². The molecule has 2 N–H and O–H groups in total. The first-order valence-electron chi connectivity index (χ1n) is 12.0. The molecule has 7 nitrogen and oxygen atoms in total. The number of likely N-dealkylation sites (tertiary alicyclic amines) is 1. The molecule has 0 radical (unpaired) electrons.